The Morgan fingerprint density at radius 3 is 1.26 bits per heavy atom. The lowest BCUT2D eigenvalue weighted by atomic mass is 10.1. The van der Waals surface area contributed by atoms with E-state index in [1.165, 1.54) is 34.8 Å². The van der Waals surface area contributed by atoms with Crippen LogP contribution in [0.25, 0.3) is 39.0 Å². The standard InChI is InChI=1S/C23H10F6S5/c24-21(25)17-18(22(26,27)23(21,28)29)20(16-8-6-14(33-16)12-4-2-10-31-12)34-19(17)15-7-5-13(32-15)11-3-1-9-30-11/h1-10H. The molecule has 5 heterocycles. The van der Waals surface area contributed by atoms with Crippen LogP contribution in [0, 0.1) is 0 Å². The third-order valence-electron chi connectivity index (χ3n) is 5.51. The molecule has 1 aliphatic rings. The van der Waals surface area contributed by atoms with Gasteiger partial charge in [-0.25, -0.2) is 0 Å². The molecule has 5 aromatic heterocycles. The molecule has 0 nitrogen and oxygen atoms in total. The summed E-state index contributed by atoms with van der Waals surface area (Å²) in [4.78, 5) is 3.33. The van der Waals surface area contributed by atoms with Crippen molar-refractivity contribution < 1.29 is 26.3 Å². The molecule has 174 valence electrons. The summed E-state index contributed by atoms with van der Waals surface area (Å²) in [5, 5.41) is 3.71. The van der Waals surface area contributed by atoms with Crippen molar-refractivity contribution in [1.82, 2.24) is 0 Å². The van der Waals surface area contributed by atoms with Gasteiger partial charge in [0.25, 0.3) is 0 Å². The number of thiophene rings is 5. The molecule has 0 fully saturated rings. The van der Waals surface area contributed by atoms with Gasteiger partial charge in [0.05, 0.1) is 20.9 Å². The van der Waals surface area contributed by atoms with Crippen LogP contribution in [0.15, 0.2) is 59.3 Å². The molecule has 1 aliphatic carbocycles. The van der Waals surface area contributed by atoms with E-state index in [-0.39, 0.29) is 19.5 Å². The van der Waals surface area contributed by atoms with Crippen LogP contribution in [0.4, 0.5) is 26.3 Å². The largest absolute Gasteiger partial charge is 0.380 e. The molecule has 0 aromatic carbocycles. The second kappa shape index (κ2) is 7.54. The predicted octanol–water partition coefficient (Wildman–Crippen LogP) is 10.5. The first-order valence-electron chi connectivity index (χ1n) is 9.72. The molecule has 0 bridgehead atoms. The molecule has 6 rings (SSSR count). The van der Waals surface area contributed by atoms with Gasteiger partial charge in [0, 0.05) is 29.3 Å². The number of rotatable bonds is 4. The van der Waals surface area contributed by atoms with Crippen molar-refractivity contribution >= 4 is 56.7 Å². The Bertz CT molecular complexity index is 1380. The normalized spacial score (nSPS) is 17.8. The first kappa shape index (κ1) is 22.5. The van der Waals surface area contributed by atoms with E-state index in [1.807, 2.05) is 35.0 Å². The van der Waals surface area contributed by atoms with Crippen molar-refractivity contribution in [2.75, 3.05) is 0 Å². The highest BCUT2D eigenvalue weighted by Crippen LogP contribution is 2.69. The van der Waals surface area contributed by atoms with Crippen molar-refractivity contribution in [3.05, 3.63) is 70.4 Å². The summed E-state index contributed by atoms with van der Waals surface area (Å²) in [6.07, 6.45) is 0. The molecule has 0 saturated carbocycles. The summed E-state index contributed by atoms with van der Waals surface area (Å²) < 4.78 is 88.9. The summed E-state index contributed by atoms with van der Waals surface area (Å²) in [6.45, 7) is 0. The van der Waals surface area contributed by atoms with Gasteiger partial charge >= 0.3 is 17.8 Å². The van der Waals surface area contributed by atoms with Gasteiger partial charge in [-0.1, -0.05) is 12.1 Å². The minimum atomic E-state index is -5.52. The highest BCUT2D eigenvalue weighted by Gasteiger charge is 2.81. The fraction of sp³-hybridized carbons (Fsp3) is 0.130. The third-order valence-corrected chi connectivity index (χ3v) is 11.4. The number of hydrogen-bond donors (Lipinski definition) is 0. The van der Waals surface area contributed by atoms with Gasteiger partial charge in [-0.15, -0.1) is 56.7 Å². The van der Waals surface area contributed by atoms with E-state index in [1.54, 1.807) is 12.1 Å². The minimum Gasteiger partial charge on any atom is -0.194 e. The summed E-state index contributed by atoms with van der Waals surface area (Å²) >= 11 is 5.86. The highest BCUT2D eigenvalue weighted by atomic mass is 32.1. The average Bonchev–Trinajstić information content (AvgIpc) is 3.61. The van der Waals surface area contributed by atoms with Crippen molar-refractivity contribution in [3.8, 4) is 39.0 Å². The van der Waals surface area contributed by atoms with E-state index in [0.717, 1.165) is 53.5 Å². The van der Waals surface area contributed by atoms with Crippen molar-refractivity contribution in [2.24, 2.45) is 0 Å². The van der Waals surface area contributed by atoms with E-state index < -0.39 is 28.9 Å². The van der Waals surface area contributed by atoms with Gasteiger partial charge in [0.15, 0.2) is 0 Å². The molecular formula is C23H10F6S5. The second-order valence-corrected chi connectivity index (χ2v) is 12.6. The predicted molar refractivity (Wildman–Crippen MR) is 130 cm³/mol. The van der Waals surface area contributed by atoms with Gasteiger partial charge in [0.1, 0.15) is 0 Å². The fourth-order valence-corrected chi connectivity index (χ4v) is 9.19. The summed E-state index contributed by atoms with van der Waals surface area (Å²) in [5.74, 6) is -15.5. The summed E-state index contributed by atoms with van der Waals surface area (Å²) in [5.41, 5.74) is -2.51. The SMILES string of the molecule is FC1(F)c2c(-c3ccc(-c4cccs4)s3)sc(-c3ccc(-c4cccs4)s3)c2C(F)(F)C1(F)F. The molecule has 0 atom stereocenters. The van der Waals surface area contributed by atoms with E-state index in [2.05, 4.69) is 0 Å². The Labute approximate surface area is 209 Å². The van der Waals surface area contributed by atoms with Crippen LogP contribution in [0.5, 0.6) is 0 Å². The number of hydrogen-bond acceptors (Lipinski definition) is 5. The quantitative estimate of drug-likeness (QED) is 0.192. The van der Waals surface area contributed by atoms with E-state index in [9.17, 15) is 26.3 Å². The molecular weight excluding hydrogens is 551 g/mol. The smallest absolute Gasteiger partial charge is 0.194 e. The Morgan fingerprint density at radius 1 is 0.471 bits per heavy atom. The number of alkyl halides is 6. The zero-order valence-corrected chi connectivity index (χ0v) is 20.7. The Kier molecular flexibility index (Phi) is 5.00. The van der Waals surface area contributed by atoms with Gasteiger partial charge in [0.2, 0.25) is 0 Å². The van der Waals surface area contributed by atoms with Gasteiger partial charge in [-0.05, 0) is 47.2 Å². The molecule has 0 unspecified atom stereocenters. The lowest BCUT2D eigenvalue weighted by molar-refractivity contribution is -0.302. The third kappa shape index (κ3) is 3.00. The van der Waals surface area contributed by atoms with E-state index >= 15 is 0 Å². The first-order chi connectivity index (χ1) is 16.1. The molecule has 11 heteroatoms. The van der Waals surface area contributed by atoms with Crippen LogP contribution >= 0.6 is 56.7 Å². The van der Waals surface area contributed by atoms with Crippen LogP contribution in [0.2, 0.25) is 0 Å². The molecule has 0 aliphatic heterocycles. The van der Waals surface area contributed by atoms with Gasteiger partial charge < -0.3 is 0 Å². The van der Waals surface area contributed by atoms with Crippen LogP contribution < -0.4 is 0 Å². The van der Waals surface area contributed by atoms with Crippen molar-refractivity contribution in [1.29, 1.82) is 0 Å². The van der Waals surface area contributed by atoms with Crippen LogP contribution in [0.3, 0.4) is 0 Å². The van der Waals surface area contributed by atoms with Gasteiger partial charge in [-0.3, -0.25) is 0 Å². The Hall–Kier alpha value is -1.92. The van der Waals surface area contributed by atoms with Crippen molar-refractivity contribution in [2.45, 2.75) is 17.8 Å². The molecule has 0 saturated heterocycles. The van der Waals surface area contributed by atoms with Crippen LogP contribution in [-0.4, -0.2) is 5.92 Å². The van der Waals surface area contributed by atoms with Crippen LogP contribution in [0.1, 0.15) is 11.1 Å². The summed E-state index contributed by atoms with van der Waals surface area (Å²) in [6, 6.07) is 13.8. The van der Waals surface area contributed by atoms with Crippen molar-refractivity contribution in [3.63, 3.8) is 0 Å². The minimum absolute atomic E-state index is 0.231. The molecule has 0 N–H and O–H groups in total. The van der Waals surface area contributed by atoms with Gasteiger partial charge in [-0.2, -0.15) is 26.3 Å². The maximum Gasteiger partial charge on any atom is 0.380 e. The lowest BCUT2D eigenvalue weighted by Gasteiger charge is -2.24. The summed E-state index contributed by atoms with van der Waals surface area (Å²) in [7, 11) is 0. The van der Waals surface area contributed by atoms with E-state index in [4.69, 9.17) is 0 Å². The van der Waals surface area contributed by atoms with Crippen LogP contribution in [-0.2, 0) is 11.8 Å². The van der Waals surface area contributed by atoms with E-state index in [0.29, 0.717) is 0 Å². The maximum absolute atomic E-state index is 15.0. The zero-order valence-electron chi connectivity index (χ0n) is 16.6. The molecule has 0 spiro atoms. The highest BCUT2D eigenvalue weighted by molar-refractivity contribution is 7.29. The monoisotopic (exact) mass is 560 g/mol. The zero-order chi connectivity index (χ0) is 23.9. The maximum atomic E-state index is 15.0. The second-order valence-electron chi connectivity index (χ2n) is 7.52. The first-order valence-corrected chi connectivity index (χ1v) is 13.9. The lowest BCUT2D eigenvalue weighted by Crippen LogP contribution is -2.43. The average molecular weight is 561 g/mol. The molecule has 34 heavy (non-hydrogen) atoms. The molecule has 0 amide bonds. The molecule has 5 aromatic rings. The fourth-order valence-electron chi connectivity index (χ4n) is 3.91. The molecule has 0 radical (unpaired) electrons. The Morgan fingerprint density at radius 2 is 0.882 bits per heavy atom. The Balaban J connectivity index is 1.58. The number of fused-ring (bicyclic) bond motifs is 1. The number of halogens is 6. The topological polar surface area (TPSA) is 0 Å².